The Morgan fingerprint density at radius 2 is 2.14 bits per heavy atom. The molecule has 122 valence electrons. The van der Waals surface area contributed by atoms with Crippen molar-refractivity contribution >= 4 is 21.4 Å². The van der Waals surface area contributed by atoms with Crippen LogP contribution in [0.15, 0.2) is 24.3 Å². The molecule has 1 unspecified atom stereocenters. The lowest BCUT2D eigenvalue weighted by Crippen LogP contribution is -2.38. The van der Waals surface area contributed by atoms with E-state index < -0.39 is 15.7 Å². The first-order valence-corrected chi connectivity index (χ1v) is 9.22. The molecule has 0 aromatic heterocycles. The molecule has 0 bridgehead atoms. The van der Waals surface area contributed by atoms with Crippen LogP contribution < -0.4 is 5.32 Å². The lowest BCUT2D eigenvalue weighted by atomic mass is 10.2. The first kappa shape index (κ1) is 16.9. The number of hydrogen-bond donors (Lipinski definition) is 1. The van der Waals surface area contributed by atoms with Crippen molar-refractivity contribution in [2.75, 3.05) is 29.9 Å². The number of rotatable bonds is 6. The molecule has 1 heterocycles. The summed E-state index contributed by atoms with van der Waals surface area (Å²) in [6.45, 7) is 3.10. The Bertz CT molecular complexity index is 633. The molecule has 1 aliphatic heterocycles. The van der Waals surface area contributed by atoms with Gasteiger partial charge in [0, 0.05) is 19.0 Å². The Kier molecular flexibility index (Phi) is 5.52. The predicted molar refractivity (Wildman–Crippen MR) is 84.0 cm³/mol. The van der Waals surface area contributed by atoms with Gasteiger partial charge in [-0.1, -0.05) is 19.1 Å². The Morgan fingerprint density at radius 1 is 1.41 bits per heavy atom. The summed E-state index contributed by atoms with van der Waals surface area (Å²) in [6.07, 6.45) is 0.823. The Labute approximate surface area is 130 Å². The van der Waals surface area contributed by atoms with Crippen LogP contribution in [0.25, 0.3) is 0 Å². The van der Waals surface area contributed by atoms with Gasteiger partial charge in [-0.3, -0.25) is 9.69 Å². The summed E-state index contributed by atoms with van der Waals surface area (Å²) < 4.78 is 36.5. The third kappa shape index (κ3) is 4.51. The van der Waals surface area contributed by atoms with E-state index in [2.05, 4.69) is 5.32 Å². The van der Waals surface area contributed by atoms with E-state index >= 15 is 0 Å². The summed E-state index contributed by atoms with van der Waals surface area (Å²) >= 11 is 0. The van der Waals surface area contributed by atoms with Gasteiger partial charge in [-0.05, 0) is 25.1 Å². The SMILES string of the molecule is CCN(CCC(=O)Nc1ccccc1F)C1CCS(=O)(=O)C1. The highest BCUT2D eigenvalue weighted by Crippen LogP contribution is 2.18. The van der Waals surface area contributed by atoms with E-state index in [1.54, 1.807) is 12.1 Å². The minimum Gasteiger partial charge on any atom is -0.324 e. The highest BCUT2D eigenvalue weighted by atomic mass is 32.2. The van der Waals surface area contributed by atoms with Gasteiger partial charge in [0.25, 0.3) is 0 Å². The van der Waals surface area contributed by atoms with Crippen LogP contribution in [0.1, 0.15) is 19.8 Å². The smallest absolute Gasteiger partial charge is 0.225 e. The summed E-state index contributed by atoms with van der Waals surface area (Å²) in [5, 5.41) is 2.54. The number of amides is 1. The maximum absolute atomic E-state index is 13.5. The van der Waals surface area contributed by atoms with Gasteiger partial charge < -0.3 is 5.32 Å². The number of nitrogens with one attached hydrogen (secondary N) is 1. The molecule has 0 spiro atoms. The number of hydrogen-bond acceptors (Lipinski definition) is 4. The number of para-hydroxylation sites is 1. The van der Waals surface area contributed by atoms with Crippen LogP contribution in [-0.4, -0.2) is 49.9 Å². The molecule has 1 aromatic carbocycles. The second kappa shape index (κ2) is 7.19. The summed E-state index contributed by atoms with van der Waals surface area (Å²) in [7, 11) is -2.94. The first-order valence-electron chi connectivity index (χ1n) is 7.40. The third-order valence-electron chi connectivity index (χ3n) is 3.91. The molecular weight excluding hydrogens is 307 g/mol. The minimum atomic E-state index is -2.94. The monoisotopic (exact) mass is 328 g/mol. The molecule has 0 aliphatic carbocycles. The quantitative estimate of drug-likeness (QED) is 0.862. The number of carbonyl (C=O) groups excluding carboxylic acids is 1. The molecule has 1 fully saturated rings. The van der Waals surface area contributed by atoms with Crippen molar-refractivity contribution in [3.05, 3.63) is 30.1 Å². The van der Waals surface area contributed by atoms with E-state index in [1.807, 2.05) is 11.8 Å². The number of halogens is 1. The molecule has 22 heavy (non-hydrogen) atoms. The average molecular weight is 328 g/mol. The van der Waals surface area contributed by atoms with Gasteiger partial charge in [-0.2, -0.15) is 0 Å². The van der Waals surface area contributed by atoms with Crippen molar-refractivity contribution in [2.45, 2.75) is 25.8 Å². The van der Waals surface area contributed by atoms with Crippen LogP contribution in [0, 0.1) is 5.82 Å². The van der Waals surface area contributed by atoms with Crippen molar-refractivity contribution < 1.29 is 17.6 Å². The number of nitrogens with zero attached hydrogens (tertiary/aromatic N) is 1. The van der Waals surface area contributed by atoms with E-state index in [0.29, 0.717) is 19.5 Å². The number of anilines is 1. The van der Waals surface area contributed by atoms with E-state index in [0.717, 1.165) is 0 Å². The lowest BCUT2D eigenvalue weighted by Gasteiger charge is -2.26. The second-order valence-electron chi connectivity index (χ2n) is 5.46. The lowest BCUT2D eigenvalue weighted by molar-refractivity contribution is -0.116. The molecule has 1 saturated heterocycles. The molecule has 0 saturated carbocycles. The van der Waals surface area contributed by atoms with Crippen LogP contribution in [0.4, 0.5) is 10.1 Å². The minimum absolute atomic E-state index is 0.0174. The van der Waals surface area contributed by atoms with Crippen molar-refractivity contribution in [2.24, 2.45) is 0 Å². The third-order valence-corrected chi connectivity index (χ3v) is 5.66. The molecule has 2 rings (SSSR count). The zero-order chi connectivity index (χ0) is 16.2. The fourth-order valence-electron chi connectivity index (χ4n) is 2.68. The molecule has 1 aromatic rings. The topological polar surface area (TPSA) is 66.5 Å². The molecule has 1 aliphatic rings. The predicted octanol–water partition coefficient (Wildman–Crippen LogP) is 1.66. The number of sulfone groups is 1. The first-order chi connectivity index (χ1) is 10.4. The molecule has 0 radical (unpaired) electrons. The summed E-state index contributed by atoms with van der Waals surface area (Å²) in [5.41, 5.74) is 0.166. The van der Waals surface area contributed by atoms with Crippen molar-refractivity contribution in [1.82, 2.24) is 4.90 Å². The molecule has 1 amide bonds. The largest absolute Gasteiger partial charge is 0.324 e. The Hall–Kier alpha value is -1.47. The molecule has 1 atom stereocenters. The average Bonchev–Trinajstić information content (AvgIpc) is 2.82. The van der Waals surface area contributed by atoms with Crippen LogP contribution in [-0.2, 0) is 14.6 Å². The Morgan fingerprint density at radius 3 is 2.73 bits per heavy atom. The standard InChI is InChI=1S/C15H21FN2O3S/c1-2-18(12-8-10-22(20,21)11-12)9-7-15(19)17-14-6-4-3-5-13(14)16/h3-6,12H,2,7-11H2,1H3,(H,17,19). The van der Waals surface area contributed by atoms with Gasteiger partial charge in [0.2, 0.25) is 5.91 Å². The van der Waals surface area contributed by atoms with E-state index in [1.165, 1.54) is 12.1 Å². The summed E-state index contributed by atoms with van der Waals surface area (Å²) in [5.74, 6) is -0.361. The molecule has 1 N–H and O–H groups in total. The zero-order valence-electron chi connectivity index (χ0n) is 12.6. The van der Waals surface area contributed by atoms with Crippen LogP contribution in [0.3, 0.4) is 0 Å². The van der Waals surface area contributed by atoms with Gasteiger partial charge in [0.15, 0.2) is 9.84 Å². The Balaban J connectivity index is 1.86. The molecule has 7 heteroatoms. The van der Waals surface area contributed by atoms with E-state index in [-0.39, 0.29) is 35.6 Å². The van der Waals surface area contributed by atoms with E-state index in [9.17, 15) is 17.6 Å². The van der Waals surface area contributed by atoms with Crippen LogP contribution >= 0.6 is 0 Å². The summed E-state index contributed by atoms with van der Waals surface area (Å²) in [6, 6.07) is 5.99. The number of benzene rings is 1. The van der Waals surface area contributed by atoms with Crippen LogP contribution in [0.2, 0.25) is 0 Å². The molecule has 5 nitrogen and oxygen atoms in total. The number of carbonyl (C=O) groups is 1. The second-order valence-corrected chi connectivity index (χ2v) is 7.69. The van der Waals surface area contributed by atoms with Crippen LogP contribution in [0.5, 0.6) is 0 Å². The van der Waals surface area contributed by atoms with Gasteiger partial charge >= 0.3 is 0 Å². The van der Waals surface area contributed by atoms with Crippen molar-refractivity contribution in [1.29, 1.82) is 0 Å². The fraction of sp³-hybridized carbons (Fsp3) is 0.533. The fourth-order valence-corrected chi connectivity index (χ4v) is 4.44. The maximum Gasteiger partial charge on any atom is 0.225 e. The normalized spacial score (nSPS) is 20.2. The van der Waals surface area contributed by atoms with Gasteiger partial charge in [0.1, 0.15) is 5.82 Å². The maximum atomic E-state index is 13.5. The zero-order valence-corrected chi connectivity index (χ0v) is 13.4. The van der Waals surface area contributed by atoms with E-state index in [4.69, 9.17) is 0 Å². The summed E-state index contributed by atoms with van der Waals surface area (Å²) in [4.78, 5) is 13.9. The van der Waals surface area contributed by atoms with Crippen molar-refractivity contribution in [3.63, 3.8) is 0 Å². The highest BCUT2D eigenvalue weighted by Gasteiger charge is 2.31. The highest BCUT2D eigenvalue weighted by molar-refractivity contribution is 7.91. The van der Waals surface area contributed by atoms with Gasteiger partial charge in [-0.15, -0.1) is 0 Å². The van der Waals surface area contributed by atoms with Gasteiger partial charge in [0.05, 0.1) is 17.2 Å². The van der Waals surface area contributed by atoms with Crippen molar-refractivity contribution in [3.8, 4) is 0 Å². The molecular formula is C15H21FN2O3S. The van der Waals surface area contributed by atoms with Gasteiger partial charge in [-0.25, -0.2) is 12.8 Å².